The Morgan fingerprint density at radius 3 is 3.06 bits per heavy atom. The molecule has 1 aliphatic rings. The standard InChI is InChI=1S/C12H24N2O2/c1-11-5-3-7-14(9-11)10-12(15)13-6-4-8-16-2/h11H,3-10H2,1-2H3,(H,13,15). The molecule has 16 heavy (non-hydrogen) atoms. The van der Waals surface area contributed by atoms with Gasteiger partial charge in [0.15, 0.2) is 0 Å². The first-order valence-electron chi connectivity index (χ1n) is 6.20. The molecule has 1 N–H and O–H groups in total. The monoisotopic (exact) mass is 228 g/mol. The predicted octanol–water partition coefficient (Wildman–Crippen LogP) is 0.871. The Hall–Kier alpha value is -0.610. The molecule has 1 rings (SSSR count). The highest BCUT2D eigenvalue weighted by atomic mass is 16.5. The molecule has 4 nitrogen and oxygen atoms in total. The van der Waals surface area contributed by atoms with E-state index in [2.05, 4.69) is 17.1 Å². The zero-order valence-corrected chi connectivity index (χ0v) is 10.5. The van der Waals surface area contributed by atoms with Gasteiger partial charge in [-0.1, -0.05) is 6.92 Å². The molecule has 1 saturated heterocycles. The lowest BCUT2D eigenvalue weighted by Crippen LogP contribution is -2.42. The molecule has 0 saturated carbocycles. The maximum absolute atomic E-state index is 11.6. The van der Waals surface area contributed by atoms with E-state index in [0.717, 1.165) is 32.0 Å². The van der Waals surface area contributed by atoms with Crippen LogP contribution in [0.1, 0.15) is 26.2 Å². The lowest BCUT2D eigenvalue weighted by molar-refractivity contribution is -0.122. The van der Waals surface area contributed by atoms with Crippen molar-refractivity contribution in [1.29, 1.82) is 0 Å². The minimum absolute atomic E-state index is 0.144. The maximum atomic E-state index is 11.6. The number of rotatable bonds is 6. The Bertz CT molecular complexity index is 209. The second-order valence-corrected chi connectivity index (χ2v) is 4.68. The topological polar surface area (TPSA) is 41.6 Å². The molecular formula is C12H24N2O2. The highest BCUT2D eigenvalue weighted by Gasteiger charge is 2.17. The molecule has 0 spiro atoms. The molecule has 1 fully saturated rings. The van der Waals surface area contributed by atoms with Crippen molar-refractivity contribution < 1.29 is 9.53 Å². The van der Waals surface area contributed by atoms with Crippen molar-refractivity contribution in [3.05, 3.63) is 0 Å². The van der Waals surface area contributed by atoms with Crippen LogP contribution in [0.25, 0.3) is 0 Å². The highest BCUT2D eigenvalue weighted by Crippen LogP contribution is 2.14. The minimum atomic E-state index is 0.144. The van der Waals surface area contributed by atoms with Crippen molar-refractivity contribution in [2.75, 3.05) is 39.9 Å². The summed E-state index contributed by atoms with van der Waals surface area (Å²) in [5.41, 5.74) is 0. The average Bonchev–Trinajstić information content (AvgIpc) is 2.24. The van der Waals surface area contributed by atoms with Gasteiger partial charge in [0.1, 0.15) is 0 Å². The van der Waals surface area contributed by atoms with Crippen LogP contribution in [-0.2, 0) is 9.53 Å². The summed E-state index contributed by atoms with van der Waals surface area (Å²) >= 11 is 0. The Balaban J connectivity index is 2.08. The Morgan fingerprint density at radius 2 is 2.38 bits per heavy atom. The van der Waals surface area contributed by atoms with E-state index in [4.69, 9.17) is 4.74 Å². The third-order valence-electron chi connectivity index (χ3n) is 2.96. The fraction of sp³-hybridized carbons (Fsp3) is 0.917. The number of nitrogens with one attached hydrogen (secondary N) is 1. The number of likely N-dealkylation sites (tertiary alicyclic amines) is 1. The van der Waals surface area contributed by atoms with Crippen LogP contribution in [-0.4, -0.2) is 50.7 Å². The molecule has 0 aromatic carbocycles. The summed E-state index contributed by atoms with van der Waals surface area (Å²) in [6.07, 6.45) is 3.41. The van der Waals surface area contributed by atoms with Crippen molar-refractivity contribution in [3.8, 4) is 0 Å². The van der Waals surface area contributed by atoms with Gasteiger partial charge in [0.2, 0.25) is 5.91 Å². The lowest BCUT2D eigenvalue weighted by Gasteiger charge is -2.30. The summed E-state index contributed by atoms with van der Waals surface area (Å²) in [5.74, 6) is 0.875. The van der Waals surface area contributed by atoms with E-state index >= 15 is 0 Å². The Kier molecular flexibility index (Phi) is 6.42. The van der Waals surface area contributed by atoms with Crippen LogP contribution >= 0.6 is 0 Å². The normalized spacial score (nSPS) is 22.0. The van der Waals surface area contributed by atoms with Crippen LogP contribution in [0.5, 0.6) is 0 Å². The smallest absolute Gasteiger partial charge is 0.234 e. The zero-order valence-electron chi connectivity index (χ0n) is 10.5. The molecule has 0 radical (unpaired) electrons. The molecule has 94 valence electrons. The van der Waals surface area contributed by atoms with Gasteiger partial charge in [-0.15, -0.1) is 0 Å². The van der Waals surface area contributed by atoms with Crippen LogP contribution in [0.2, 0.25) is 0 Å². The first-order valence-corrected chi connectivity index (χ1v) is 6.20. The number of hydrogen-bond donors (Lipinski definition) is 1. The van der Waals surface area contributed by atoms with Gasteiger partial charge in [0.25, 0.3) is 0 Å². The van der Waals surface area contributed by atoms with E-state index in [1.807, 2.05) is 0 Å². The third-order valence-corrected chi connectivity index (χ3v) is 2.96. The van der Waals surface area contributed by atoms with Gasteiger partial charge in [0, 0.05) is 26.8 Å². The summed E-state index contributed by atoms with van der Waals surface area (Å²) in [7, 11) is 1.68. The highest BCUT2D eigenvalue weighted by molar-refractivity contribution is 5.77. The van der Waals surface area contributed by atoms with E-state index in [9.17, 15) is 4.79 Å². The summed E-state index contributed by atoms with van der Waals surface area (Å²) in [4.78, 5) is 13.8. The van der Waals surface area contributed by atoms with Gasteiger partial charge in [-0.2, -0.15) is 0 Å². The second kappa shape index (κ2) is 7.63. The predicted molar refractivity (Wildman–Crippen MR) is 64.3 cm³/mol. The fourth-order valence-electron chi connectivity index (χ4n) is 2.13. The van der Waals surface area contributed by atoms with Crippen molar-refractivity contribution in [1.82, 2.24) is 10.2 Å². The molecule has 1 atom stereocenters. The van der Waals surface area contributed by atoms with Gasteiger partial charge in [-0.25, -0.2) is 0 Å². The van der Waals surface area contributed by atoms with Crippen LogP contribution in [0, 0.1) is 5.92 Å². The Morgan fingerprint density at radius 1 is 1.56 bits per heavy atom. The number of hydrogen-bond acceptors (Lipinski definition) is 3. The van der Waals surface area contributed by atoms with Gasteiger partial charge in [-0.3, -0.25) is 9.69 Å². The summed E-state index contributed by atoms with van der Waals surface area (Å²) in [5, 5.41) is 2.92. The summed E-state index contributed by atoms with van der Waals surface area (Å²) in [6.45, 7) is 6.36. The first kappa shape index (κ1) is 13.5. The van der Waals surface area contributed by atoms with Gasteiger partial charge < -0.3 is 10.1 Å². The average molecular weight is 228 g/mol. The van der Waals surface area contributed by atoms with Crippen LogP contribution in [0.15, 0.2) is 0 Å². The largest absolute Gasteiger partial charge is 0.385 e. The van der Waals surface area contributed by atoms with Crippen molar-refractivity contribution in [2.24, 2.45) is 5.92 Å². The first-order chi connectivity index (χ1) is 7.72. The summed E-state index contributed by atoms with van der Waals surface area (Å²) < 4.78 is 4.93. The van der Waals surface area contributed by atoms with E-state index in [0.29, 0.717) is 13.2 Å². The van der Waals surface area contributed by atoms with Crippen molar-refractivity contribution in [2.45, 2.75) is 26.2 Å². The van der Waals surface area contributed by atoms with Crippen LogP contribution < -0.4 is 5.32 Å². The molecule has 4 heteroatoms. The van der Waals surface area contributed by atoms with Crippen molar-refractivity contribution in [3.63, 3.8) is 0 Å². The molecule has 1 unspecified atom stereocenters. The molecule has 0 aliphatic carbocycles. The number of amides is 1. The van der Waals surface area contributed by atoms with E-state index in [-0.39, 0.29) is 5.91 Å². The molecular weight excluding hydrogens is 204 g/mol. The molecule has 0 aromatic heterocycles. The van der Waals surface area contributed by atoms with Gasteiger partial charge >= 0.3 is 0 Å². The number of piperidine rings is 1. The van der Waals surface area contributed by atoms with E-state index in [1.165, 1.54) is 12.8 Å². The Labute approximate surface area is 98.3 Å². The third kappa shape index (κ3) is 5.47. The van der Waals surface area contributed by atoms with Crippen LogP contribution in [0.4, 0.5) is 0 Å². The van der Waals surface area contributed by atoms with Gasteiger partial charge in [0.05, 0.1) is 6.54 Å². The molecule has 1 aliphatic heterocycles. The van der Waals surface area contributed by atoms with Gasteiger partial charge in [-0.05, 0) is 31.7 Å². The number of carbonyl (C=O) groups is 1. The number of methoxy groups -OCH3 is 1. The van der Waals surface area contributed by atoms with E-state index < -0.39 is 0 Å². The SMILES string of the molecule is COCCCNC(=O)CN1CCCC(C)C1. The molecule has 1 heterocycles. The molecule has 0 bridgehead atoms. The zero-order chi connectivity index (χ0) is 11.8. The molecule has 1 amide bonds. The fourth-order valence-corrected chi connectivity index (χ4v) is 2.13. The second-order valence-electron chi connectivity index (χ2n) is 4.68. The molecule has 0 aromatic rings. The minimum Gasteiger partial charge on any atom is -0.385 e. The lowest BCUT2D eigenvalue weighted by atomic mass is 10.0. The van der Waals surface area contributed by atoms with E-state index in [1.54, 1.807) is 7.11 Å². The quantitative estimate of drug-likeness (QED) is 0.686. The number of nitrogens with zero attached hydrogens (tertiary/aromatic N) is 1. The number of ether oxygens (including phenoxy) is 1. The summed E-state index contributed by atoms with van der Waals surface area (Å²) in [6, 6.07) is 0. The number of carbonyl (C=O) groups excluding carboxylic acids is 1. The maximum Gasteiger partial charge on any atom is 0.234 e. The van der Waals surface area contributed by atoms with Crippen molar-refractivity contribution >= 4 is 5.91 Å². The van der Waals surface area contributed by atoms with Crippen LogP contribution in [0.3, 0.4) is 0 Å².